The highest BCUT2D eigenvalue weighted by Gasteiger charge is 2.07. The van der Waals surface area contributed by atoms with Crippen LogP contribution in [0.15, 0.2) is 78.9 Å². The first-order valence-electron chi connectivity index (χ1n) is 9.34. The van der Waals surface area contributed by atoms with Crippen molar-refractivity contribution < 1.29 is 14.3 Å². The fraction of sp³-hybridized carbons (Fsp3) is 0.130. The number of hydrogen-bond donors (Lipinski definition) is 2. The normalized spacial score (nSPS) is 10.2. The van der Waals surface area contributed by atoms with Gasteiger partial charge in [-0.05, 0) is 66.3 Å². The van der Waals surface area contributed by atoms with Gasteiger partial charge in [-0.2, -0.15) is 0 Å². The van der Waals surface area contributed by atoms with Gasteiger partial charge in [0.15, 0.2) is 5.11 Å². The number of thiocarbonyl (C=S) groups is 1. The maximum atomic E-state index is 12.1. The molecule has 0 aliphatic carbocycles. The van der Waals surface area contributed by atoms with E-state index in [0.717, 1.165) is 22.7 Å². The highest BCUT2D eigenvalue weighted by atomic mass is 35.5. The van der Waals surface area contributed by atoms with E-state index < -0.39 is 0 Å². The molecule has 7 heteroatoms. The summed E-state index contributed by atoms with van der Waals surface area (Å²) in [5.74, 6) is 1.33. The van der Waals surface area contributed by atoms with E-state index in [-0.39, 0.29) is 17.4 Å². The Bertz CT molecular complexity index is 964. The first kappa shape index (κ1) is 21.6. The molecule has 0 aliphatic rings. The third-order valence-electron chi connectivity index (χ3n) is 4.01. The van der Waals surface area contributed by atoms with Gasteiger partial charge in [0.05, 0.1) is 6.42 Å². The number of nitrogens with one attached hydrogen (secondary N) is 2. The van der Waals surface area contributed by atoms with Crippen molar-refractivity contribution in [2.24, 2.45) is 0 Å². The van der Waals surface area contributed by atoms with E-state index in [4.69, 9.17) is 33.3 Å². The zero-order chi connectivity index (χ0) is 21.2. The SMILES string of the molecule is O=C(Cc1ccc(Cl)cc1)NC(=S)Nc1ccc(OCCOc2ccccc2)cc1. The second-order valence-corrected chi connectivity index (χ2v) is 7.18. The fourth-order valence-corrected chi connectivity index (χ4v) is 2.95. The van der Waals surface area contributed by atoms with Crippen LogP contribution in [0.25, 0.3) is 0 Å². The lowest BCUT2D eigenvalue weighted by atomic mass is 10.1. The number of anilines is 1. The Morgan fingerprint density at radius 1 is 0.833 bits per heavy atom. The van der Waals surface area contributed by atoms with Crippen molar-refractivity contribution in [3.8, 4) is 11.5 Å². The highest BCUT2D eigenvalue weighted by molar-refractivity contribution is 7.80. The maximum absolute atomic E-state index is 12.1. The van der Waals surface area contributed by atoms with E-state index in [0.29, 0.717) is 18.2 Å². The number of ether oxygens (including phenoxy) is 2. The predicted octanol–water partition coefficient (Wildman–Crippen LogP) is 4.85. The standard InChI is InChI=1S/C23H21ClN2O3S/c24-18-8-6-17(7-9-18)16-22(27)26-23(30)25-19-10-12-21(13-11-19)29-15-14-28-20-4-2-1-3-5-20/h1-13H,14-16H2,(H2,25,26,27,30). The Balaban J connectivity index is 1.38. The van der Waals surface area contributed by atoms with Crippen LogP contribution in [-0.4, -0.2) is 24.2 Å². The molecule has 0 saturated carbocycles. The number of carbonyl (C=O) groups is 1. The van der Waals surface area contributed by atoms with Crippen molar-refractivity contribution in [2.75, 3.05) is 18.5 Å². The van der Waals surface area contributed by atoms with Crippen LogP contribution >= 0.6 is 23.8 Å². The summed E-state index contributed by atoms with van der Waals surface area (Å²) in [6.07, 6.45) is 0.219. The molecule has 0 aromatic heterocycles. The topological polar surface area (TPSA) is 59.6 Å². The van der Waals surface area contributed by atoms with E-state index in [1.165, 1.54) is 0 Å². The molecule has 3 aromatic carbocycles. The molecule has 1 amide bonds. The maximum Gasteiger partial charge on any atom is 0.230 e. The van der Waals surface area contributed by atoms with Crippen molar-refractivity contribution in [3.63, 3.8) is 0 Å². The fourth-order valence-electron chi connectivity index (χ4n) is 2.59. The molecule has 0 aliphatic heterocycles. The monoisotopic (exact) mass is 440 g/mol. The molecule has 0 saturated heterocycles. The van der Waals surface area contributed by atoms with Crippen molar-refractivity contribution in [1.29, 1.82) is 0 Å². The molecule has 30 heavy (non-hydrogen) atoms. The highest BCUT2D eigenvalue weighted by Crippen LogP contribution is 2.16. The van der Waals surface area contributed by atoms with Crippen LogP contribution in [0.4, 0.5) is 5.69 Å². The minimum Gasteiger partial charge on any atom is -0.490 e. The lowest BCUT2D eigenvalue weighted by Crippen LogP contribution is -2.35. The Hall–Kier alpha value is -3.09. The second kappa shape index (κ2) is 11.2. The number of carbonyl (C=O) groups excluding carboxylic acids is 1. The molecule has 3 rings (SSSR count). The van der Waals surface area contributed by atoms with Crippen LogP contribution in [0.3, 0.4) is 0 Å². The molecule has 0 spiro atoms. The molecule has 0 fully saturated rings. The number of benzene rings is 3. The summed E-state index contributed by atoms with van der Waals surface area (Å²) in [4.78, 5) is 12.1. The average Bonchev–Trinajstić information content (AvgIpc) is 2.74. The Labute approximate surface area is 186 Å². The molecule has 5 nitrogen and oxygen atoms in total. The van der Waals surface area contributed by atoms with Gasteiger partial charge in [-0.1, -0.05) is 41.9 Å². The van der Waals surface area contributed by atoms with Crippen LogP contribution < -0.4 is 20.1 Å². The largest absolute Gasteiger partial charge is 0.490 e. The Kier molecular flexibility index (Phi) is 8.06. The molecule has 0 bridgehead atoms. The molecule has 0 atom stereocenters. The van der Waals surface area contributed by atoms with Crippen molar-refractivity contribution in [1.82, 2.24) is 5.32 Å². The van der Waals surface area contributed by atoms with Gasteiger partial charge < -0.3 is 20.1 Å². The van der Waals surface area contributed by atoms with Crippen LogP contribution in [0.1, 0.15) is 5.56 Å². The van der Waals surface area contributed by atoms with E-state index in [9.17, 15) is 4.79 Å². The van der Waals surface area contributed by atoms with E-state index in [1.54, 1.807) is 12.1 Å². The lowest BCUT2D eigenvalue weighted by Gasteiger charge is -2.11. The lowest BCUT2D eigenvalue weighted by molar-refractivity contribution is -0.119. The zero-order valence-corrected chi connectivity index (χ0v) is 17.7. The van der Waals surface area contributed by atoms with Crippen LogP contribution in [0.5, 0.6) is 11.5 Å². The molecule has 0 unspecified atom stereocenters. The van der Waals surface area contributed by atoms with Gasteiger partial charge in [0.25, 0.3) is 0 Å². The number of rotatable bonds is 8. The van der Waals surface area contributed by atoms with Gasteiger partial charge >= 0.3 is 0 Å². The Morgan fingerprint density at radius 2 is 1.43 bits per heavy atom. The van der Waals surface area contributed by atoms with Crippen molar-refractivity contribution in [3.05, 3.63) is 89.4 Å². The minimum atomic E-state index is -0.201. The summed E-state index contributed by atoms with van der Waals surface area (Å²) in [5.41, 5.74) is 1.61. The van der Waals surface area contributed by atoms with Gasteiger partial charge in [-0.3, -0.25) is 4.79 Å². The quantitative estimate of drug-likeness (QED) is 0.387. The van der Waals surface area contributed by atoms with Crippen molar-refractivity contribution >= 4 is 40.5 Å². The Morgan fingerprint density at radius 3 is 2.07 bits per heavy atom. The van der Waals surface area contributed by atoms with Gasteiger partial charge in [-0.25, -0.2) is 0 Å². The smallest absolute Gasteiger partial charge is 0.230 e. The summed E-state index contributed by atoms with van der Waals surface area (Å²) in [5, 5.41) is 6.51. The van der Waals surface area contributed by atoms with Gasteiger partial charge in [0.1, 0.15) is 24.7 Å². The molecule has 3 aromatic rings. The summed E-state index contributed by atoms with van der Waals surface area (Å²) in [6.45, 7) is 0.884. The number of hydrogen-bond acceptors (Lipinski definition) is 4. The van der Waals surface area contributed by atoms with Gasteiger partial charge in [0, 0.05) is 10.7 Å². The van der Waals surface area contributed by atoms with E-state index in [2.05, 4.69) is 10.6 Å². The predicted molar refractivity (Wildman–Crippen MR) is 123 cm³/mol. The zero-order valence-electron chi connectivity index (χ0n) is 16.1. The average molecular weight is 441 g/mol. The molecule has 0 heterocycles. The van der Waals surface area contributed by atoms with Crippen molar-refractivity contribution in [2.45, 2.75) is 6.42 Å². The van der Waals surface area contributed by atoms with Gasteiger partial charge in [-0.15, -0.1) is 0 Å². The van der Waals surface area contributed by atoms with E-state index >= 15 is 0 Å². The third-order valence-corrected chi connectivity index (χ3v) is 4.46. The first-order chi connectivity index (χ1) is 14.6. The first-order valence-corrected chi connectivity index (χ1v) is 10.1. The summed E-state index contributed by atoms with van der Waals surface area (Å²) in [6, 6.07) is 24.0. The minimum absolute atomic E-state index is 0.201. The third kappa shape index (κ3) is 7.39. The summed E-state index contributed by atoms with van der Waals surface area (Å²) >= 11 is 11.1. The number of amides is 1. The van der Waals surface area contributed by atoms with E-state index in [1.807, 2.05) is 66.7 Å². The van der Waals surface area contributed by atoms with Crippen LogP contribution in [-0.2, 0) is 11.2 Å². The molecular formula is C23H21ClN2O3S. The molecular weight excluding hydrogens is 420 g/mol. The van der Waals surface area contributed by atoms with Crippen LogP contribution in [0.2, 0.25) is 5.02 Å². The van der Waals surface area contributed by atoms with Gasteiger partial charge in [0.2, 0.25) is 5.91 Å². The second-order valence-electron chi connectivity index (χ2n) is 6.34. The van der Waals surface area contributed by atoms with Crippen LogP contribution in [0, 0.1) is 0 Å². The summed E-state index contributed by atoms with van der Waals surface area (Å²) < 4.78 is 11.3. The number of halogens is 1. The molecule has 154 valence electrons. The molecule has 2 N–H and O–H groups in total. The number of para-hydroxylation sites is 1. The summed E-state index contributed by atoms with van der Waals surface area (Å²) in [7, 11) is 0. The molecule has 0 radical (unpaired) electrons.